The molecule has 0 radical (unpaired) electrons. The van der Waals surface area contributed by atoms with Gasteiger partial charge in [-0.25, -0.2) is 0 Å². The van der Waals surface area contributed by atoms with Crippen LogP contribution in [0.3, 0.4) is 0 Å². The van der Waals surface area contributed by atoms with Crippen molar-refractivity contribution in [1.29, 1.82) is 0 Å². The van der Waals surface area contributed by atoms with E-state index in [1.165, 1.54) is 12.1 Å². The molecule has 0 saturated carbocycles. The second-order valence-corrected chi connectivity index (χ2v) is 13.3. The smallest absolute Gasteiger partial charge is 0.264 e. The average molecular weight is 793 g/mol. The Bertz CT molecular complexity index is 1770. The van der Waals surface area contributed by atoms with Crippen LogP contribution in [0.2, 0.25) is 0 Å². The van der Waals surface area contributed by atoms with Crippen molar-refractivity contribution in [2.24, 2.45) is 0 Å². The first-order valence-electron chi connectivity index (χ1n) is 18.7. The molecule has 2 saturated heterocycles. The van der Waals surface area contributed by atoms with Crippen LogP contribution in [0.1, 0.15) is 67.1 Å². The van der Waals surface area contributed by atoms with E-state index in [2.05, 4.69) is 21.3 Å². The number of ether oxygens (including phenoxy) is 5. The molecule has 4 aliphatic heterocycles. The number of carbonyl (C=O) groups is 8. The number of benzene rings is 2. The largest absolute Gasteiger partial charge is 0.382 e. The van der Waals surface area contributed by atoms with Crippen LogP contribution in [0.25, 0.3) is 0 Å². The van der Waals surface area contributed by atoms with E-state index in [0.717, 1.165) is 9.80 Å². The molecule has 2 atom stereocenters. The Labute approximate surface area is 327 Å². The first kappa shape index (κ1) is 41.0. The number of nitrogens with zero attached hydrogens (tertiary/aromatic N) is 2. The Morgan fingerprint density at radius 3 is 1.19 bits per heavy atom. The van der Waals surface area contributed by atoms with E-state index in [4.69, 9.17) is 23.7 Å². The molecule has 0 bridgehead atoms. The number of fused-ring (bicyclic) bond motifs is 2. The fourth-order valence-electron chi connectivity index (χ4n) is 6.82. The zero-order chi connectivity index (χ0) is 40.3. The van der Waals surface area contributed by atoms with Gasteiger partial charge in [0.15, 0.2) is 0 Å². The number of amides is 8. The Hall–Kier alpha value is -5.60. The molecule has 304 valence electrons. The first-order valence-corrected chi connectivity index (χ1v) is 18.7. The van der Waals surface area contributed by atoms with Gasteiger partial charge in [0.05, 0.1) is 88.3 Å². The molecule has 2 fully saturated rings. The van der Waals surface area contributed by atoms with Crippen molar-refractivity contribution in [3.8, 4) is 0 Å². The Morgan fingerprint density at radius 1 is 0.491 bits per heavy atom. The van der Waals surface area contributed by atoms with Gasteiger partial charge in [-0.2, -0.15) is 0 Å². The highest BCUT2D eigenvalue weighted by atomic mass is 16.6. The molecule has 2 aromatic rings. The highest BCUT2D eigenvalue weighted by Crippen LogP contribution is 2.33. The summed E-state index contributed by atoms with van der Waals surface area (Å²) >= 11 is 0. The van der Waals surface area contributed by atoms with Gasteiger partial charge >= 0.3 is 0 Å². The van der Waals surface area contributed by atoms with Crippen LogP contribution in [-0.4, -0.2) is 148 Å². The maximum atomic E-state index is 13.2. The standard InChI is InChI=1S/C38H44N6O13/c45-29-9-7-27(33(47)41-29)43-35(49)23-3-1-5-25(31(23)37(43)51)39-11-13-53-15-17-55-19-21-57-22-20-56-18-16-54-14-12-40-26-6-2-4-24-32(26)38(52)44(36(24)50)28-8-10-30(46)42-34(28)48/h1-6,27-28,39-40H,7-22H2,(H,41,45,47)(H,42,46,48). The summed E-state index contributed by atoms with van der Waals surface area (Å²) in [5, 5.41) is 10.6. The zero-order valence-corrected chi connectivity index (χ0v) is 31.1. The van der Waals surface area contributed by atoms with Crippen LogP contribution >= 0.6 is 0 Å². The molecule has 4 aliphatic rings. The van der Waals surface area contributed by atoms with Crippen LogP contribution in [-0.2, 0) is 42.9 Å². The van der Waals surface area contributed by atoms with Gasteiger partial charge in [0.1, 0.15) is 12.1 Å². The fourth-order valence-corrected chi connectivity index (χ4v) is 6.82. The highest BCUT2D eigenvalue weighted by Gasteiger charge is 2.47. The van der Waals surface area contributed by atoms with E-state index in [-0.39, 0.29) is 47.9 Å². The highest BCUT2D eigenvalue weighted by molar-refractivity contribution is 6.26. The molecule has 0 spiro atoms. The van der Waals surface area contributed by atoms with Crippen molar-refractivity contribution in [1.82, 2.24) is 20.4 Å². The normalized spacial score (nSPS) is 19.2. The fraction of sp³-hybridized carbons (Fsp3) is 0.474. The average Bonchev–Trinajstić information content (AvgIpc) is 3.60. The minimum absolute atomic E-state index is 0.0503. The minimum atomic E-state index is -1.03. The molecule has 19 heteroatoms. The van der Waals surface area contributed by atoms with E-state index in [1.54, 1.807) is 24.3 Å². The van der Waals surface area contributed by atoms with Crippen molar-refractivity contribution in [2.45, 2.75) is 37.8 Å². The monoisotopic (exact) mass is 792 g/mol. The number of rotatable bonds is 22. The zero-order valence-electron chi connectivity index (χ0n) is 31.1. The molecule has 57 heavy (non-hydrogen) atoms. The number of hydrogen-bond donors (Lipinski definition) is 4. The van der Waals surface area contributed by atoms with E-state index in [1.807, 2.05) is 0 Å². The van der Waals surface area contributed by atoms with E-state index < -0.39 is 59.3 Å². The van der Waals surface area contributed by atoms with Gasteiger partial charge in [-0.3, -0.25) is 58.8 Å². The molecule has 8 amide bonds. The third-order valence-electron chi connectivity index (χ3n) is 9.55. The van der Waals surface area contributed by atoms with Crippen LogP contribution < -0.4 is 21.3 Å². The number of hydrogen-bond acceptors (Lipinski definition) is 15. The third-order valence-corrected chi connectivity index (χ3v) is 9.55. The topological polar surface area (TPSA) is 237 Å². The van der Waals surface area contributed by atoms with Crippen molar-refractivity contribution >= 4 is 58.6 Å². The van der Waals surface area contributed by atoms with Crippen molar-refractivity contribution in [3.05, 3.63) is 58.7 Å². The van der Waals surface area contributed by atoms with Crippen LogP contribution in [0.15, 0.2) is 36.4 Å². The predicted molar refractivity (Wildman–Crippen MR) is 197 cm³/mol. The molecule has 4 heterocycles. The first-order chi connectivity index (χ1) is 27.7. The van der Waals surface area contributed by atoms with Crippen molar-refractivity contribution in [3.63, 3.8) is 0 Å². The van der Waals surface area contributed by atoms with Gasteiger partial charge in [-0.1, -0.05) is 12.1 Å². The van der Waals surface area contributed by atoms with Gasteiger partial charge in [-0.05, 0) is 37.1 Å². The molecule has 19 nitrogen and oxygen atoms in total. The van der Waals surface area contributed by atoms with Gasteiger partial charge in [-0.15, -0.1) is 0 Å². The van der Waals surface area contributed by atoms with Crippen molar-refractivity contribution in [2.75, 3.05) is 89.8 Å². The number of imide groups is 4. The Balaban J connectivity index is 0.751. The molecular formula is C38H44N6O13. The minimum Gasteiger partial charge on any atom is -0.382 e. The summed E-state index contributed by atoms with van der Waals surface area (Å²) in [6.07, 6.45) is 0.275. The lowest BCUT2D eigenvalue weighted by atomic mass is 10.0. The lowest BCUT2D eigenvalue weighted by Crippen LogP contribution is -2.54. The number of piperidine rings is 2. The molecule has 0 aliphatic carbocycles. The summed E-state index contributed by atoms with van der Waals surface area (Å²) in [6, 6.07) is 7.67. The summed E-state index contributed by atoms with van der Waals surface area (Å²) in [6.45, 7) is 4.19. The van der Waals surface area contributed by atoms with Crippen LogP contribution in [0.4, 0.5) is 11.4 Å². The predicted octanol–water partition coefficient (Wildman–Crippen LogP) is 0.0960. The molecule has 2 aromatic carbocycles. The molecule has 6 rings (SSSR count). The summed E-state index contributed by atoms with van der Waals surface area (Å²) in [5.74, 6) is -4.47. The lowest BCUT2D eigenvalue weighted by molar-refractivity contribution is -0.137. The maximum Gasteiger partial charge on any atom is 0.264 e. The van der Waals surface area contributed by atoms with Crippen LogP contribution in [0.5, 0.6) is 0 Å². The summed E-state index contributed by atoms with van der Waals surface area (Å²) in [7, 11) is 0. The van der Waals surface area contributed by atoms with Gasteiger partial charge in [0, 0.05) is 37.3 Å². The number of nitrogens with one attached hydrogen (secondary N) is 4. The summed E-state index contributed by atoms with van der Waals surface area (Å²) < 4.78 is 27.7. The number of carbonyl (C=O) groups excluding carboxylic acids is 8. The van der Waals surface area contributed by atoms with E-state index in [9.17, 15) is 38.4 Å². The molecule has 2 unspecified atom stereocenters. The molecular weight excluding hydrogens is 748 g/mol. The Kier molecular flexibility index (Phi) is 14.0. The van der Waals surface area contributed by atoms with E-state index in [0.29, 0.717) is 90.5 Å². The summed E-state index contributed by atoms with van der Waals surface area (Å²) in [5.41, 5.74) is 1.69. The number of anilines is 2. The second kappa shape index (κ2) is 19.5. The molecule has 0 aromatic heterocycles. The summed E-state index contributed by atoms with van der Waals surface area (Å²) in [4.78, 5) is 102. The van der Waals surface area contributed by atoms with E-state index >= 15 is 0 Å². The molecule has 4 N–H and O–H groups in total. The Morgan fingerprint density at radius 2 is 0.842 bits per heavy atom. The van der Waals surface area contributed by atoms with Crippen LogP contribution in [0, 0.1) is 0 Å². The van der Waals surface area contributed by atoms with Gasteiger partial charge < -0.3 is 34.3 Å². The third kappa shape index (κ3) is 9.69. The van der Waals surface area contributed by atoms with Gasteiger partial charge in [0.2, 0.25) is 23.6 Å². The second-order valence-electron chi connectivity index (χ2n) is 13.3. The quantitative estimate of drug-likeness (QED) is 0.0914. The SMILES string of the molecule is O=C1CCC(N2C(=O)c3cccc(NCCOCCOCCOCCOCCOCCNc4cccc5c4C(=O)N(C4CCC(=O)NC4=O)C5=O)c3C2=O)C(=O)N1. The maximum absolute atomic E-state index is 13.2. The van der Waals surface area contributed by atoms with Crippen molar-refractivity contribution < 1.29 is 62.0 Å². The van der Waals surface area contributed by atoms with Gasteiger partial charge in [0.25, 0.3) is 23.6 Å². The lowest BCUT2D eigenvalue weighted by Gasteiger charge is -2.27.